The molecule has 0 aliphatic carbocycles. The number of carbonyl (C=O) groups is 2. The number of carbonyl (C=O) groups excluding carboxylic acids is 2. The molecule has 2 N–H and O–H groups in total. The number of amides is 2. The minimum absolute atomic E-state index is 0.0771. The number of hydrogen-bond acceptors (Lipinski definition) is 4. The van der Waals surface area contributed by atoms with Crippen molar-refractivity contribution in [2.24, 2.45) is 5.10 Å². The van der Waals surface area contributed by atoms with Gasteiger partial charge in [-0.1, -0.05) is 49.4 Å². The molecule has 0 atom stereocenters. The molecule has 3 aromatic rings. The highest BCUT2D eigenvalue weighted by atomic mass is 16.5. The van der Waals surface area contributed by atoms with Gasteiger partial charge >= 0.3 is 0 Å². The molecule has 0 unspecified atom stereocenters. The van der Waals surface area contributed by atoms with Gasteiger partial charge < -0.3 is 10.1 Å². The van der Waals surface area contributed by atoms with Crippen molar-refractivity contribution >= 4 is 23.7 Å². The van der Waals surface area contributed by atoms with Crippen molar-refractivity contribution in [3.63, 3.8) is 0 Å². The Labute approximate surface area is 175 Å². The van der Waals surface area contributed by atoms with Gasteiger partial charge in [-0.25, -0.2) is 5.43 Å². The molecule has 0 radical (unpaired) electrons. The van der Waals surface area contributed by atoms with Gasteiger partial charge in [0, 0.05) is 17.7 Å². The maximum atomic E-state index is 12.2. The van der Waals surface area contributed by atoms with Crippen LogP contribution >= 0.6 is 0 Å². The van der Waals surface area contributed by atoms with Gasteiger partial charge in [-0.15, -0.1) is 0 Å². The molecule has 30 heavy (non-hydrogen) atoms. The zero-order valence-electron chi connectivity index (χ0n) is 16.7. The number of rotatable bonds is 8. The van der Waals surface area contributed by atoms with Gasteiger partial charge in [-0.05, 0) is 47.5 Å². The molecule has 0 heterocycles. The Hall–Kier alpha value is -3.93. The van der Waals surface area contributed by atoms with E-state index >= 15 is 0 Å². The summed E-state index contributed by atoms with van der Waals surface area (Å²) in [4.78, 5) is 23.6. The Balaban J connectivity index is 1.53. The molecule has 3 rings (SSSR count). The molecule has 0 bridgehead atoms. The standard InChI is InChI=1S/C24H23N3O3/c1-2-23(28)26-21-13-11-20(12-14-21)24(29)27-25-16-19-9-6-10-22(15-19)30-17-18-7-4-3-5-8-18/h3-16H,2,17H2,1H3,(H,26,28)(H,27,29)/b25-16-. The molecule has 0 aromatic heterocycles. The Morgan fingerprint density at radius 1 is 0.967 bits per heavy atom. The van der Waals surface area contributed by atoms with Crippen LogP contribution in [0.4, 0.5) is 5.69 Å². The van der Waals surface area contributed by atoms with Crippen LogP contribution in [0.5, 0.6) is 5.75 Å². The number of hydrazone groups is 1. The summed E-state index contributed by atoms with van der Waals surface area (Å²) in [5, 5.41) is 6.75. The van der Waals surface area contributed by atoms with Crippen LogP contribution in [0.3, 0.4) is 0 Å². The summed E-state index contributed by atoms with van der Waals surface area (Å²) in [6, 6.07) is 24.0. The lowest BCUT2D eigenvalue weighted by atomic mass is 10.2. The van der Waals surface area contributed by atoms with Crippen LogP contribution in [0.15, 0.2) is 84.0 Å². The third-order valence-electron chi connectivity index (χ3n) is 4.24. The molecule has 0 aliphatic heterocycles. The van der Waals surface area contributed by atoms with E-state index in [-0.39, 0.29) is 11.8 Å². The summed E-state index contributed by atoms with van der Waals surface area (Å²) in [5.41, 5.74) is 5.48. The number of nitrogens with zero attached hydrogens (tertiary/aromatic N) is 1. The highest BCUT2D eigenvalue weighted by Crippen LogP contribution is 2.14. The summed E-state index contributed by atoms with van der Waals surface area (Å²) in [6.45, 7) is 2.26. The van der Waals surface area contributed by atoms with Crippen LogP contribution in [0.1, 0.15) is 34.8 Å². The number of ether oxygens (including phenoxy) is 1. The largest absolute Gasteiger partial charge is 0.489 e. The van der Waals surface area contributed by atoms with E-state index in [0.29, 0.717) is 24.3 Å². The summed E-state index contributed by atoms with van der Waals surface area (Å²) in [7, 11) is 0. The maximum absolute atomic E-state index is 12.2. The maximum Gasteiger partial charge on any atom is 0.271 e. The number of benzene rings is 3. The van der Waals surface area contributed by atoms with E-state index in [2.05, 4.69) is 15.8 Å². The van der Waals surface area contributed by atoms with Gasteiger partial charge in [0.15, 0.2) is 0 Å². The fraction of sp³-hybridized carbons (Fsp3) is 0.125. The van der Waals surface area contributed by atoms with Crippen molar-refractivity contribution in [1.29, 1.82) is 0 Å². The average Bonchev–Trinajstić information content (AvgIpc) is 2.79. The normalized spacial score (nSPS) is 10.6. The molecule has 0 aliphatic rings. The van der Waals surface area contributed by atoms with Gasteiger partial charge in [0.25, 0.3) is 5.91 Å². The molecule has 3 aromatic carbocycles. The molecular weight excluding hydrogens is 378 g/mol. The van der Waals surface area contributed by atoms with Gasteiger partial charge in [0.1, 0.15) is 12.4 Å². The van der Waals surface area contributed by atoms with Crippen LogP contribution in [0.2, 0.25) is 0 Å². The molecule has 0 spiro atoms. The molecule has 6 heteroatoms. The smallest absolute Gasteiger partial charge is 0.271 e. The zero-order chi connectivity index (χ0) is 21.2. The van der Waals surface area contributed by atoms with Crippen molar-refractivity contribution in [3.05, 3.63) is 95.6 Å². The van der Waals surface area contributed by atoms with Crippen molar-refractivity contribution in [1.82, 2.24) is 5.43 Å². The second kappa shape index (κ2) is 10.6. The third-order valence-corrected chi connectivity index (χ3v) is 4.24. The lowest BCUT2D eigenvalue weighted by Crippen LogP contribution is -2.17. The van der Waals surface area contributed by atoms with Crippen LogP contribution in [0.25, 0.3) is 0 Å². The second-order valence-electron chi connectivity index (χ2n) is 6.52. The Morgan fingerprint density at radius 2 is 1.73 bits per heavy atom. The molecule has 2 amide bonds. The Kier molecular flexibility index (Phi) is 7.33. The Morgan fingerprint density at radius 3 is 2.47 bits per heavy atom. The lowest BCUT2D eigenvalue weighted by molar-refractivity contribution is -0.115. The number of nitrogens with one attached hydrogen (secondary N) is 2. The van der Waals surface area contributed by atoms with Crippen molar-refractivity contribution in [2.75, 3.05) is 5.32 Å². The molecule has 0 saturated carbocycles. The molecule has 152 valence electrons. The SMILES string of the molecule is CCC(=O)Nc1ccc(C(=O)N/N=C\c2cccc(OCc3ccccc3)c2)cc1. The van der Waals surface area contributed by atoms with E-state index in [1.165, 1.54) is 0 Å². The monoisotopic (exact) mass is 401 g/mol. The average molecular weight is 401 g/mol. The highest BCUT2D eigenvalue weighted by Gasteiger charge is 2.05. The summed E-state index contributed by atoms with van der Waals surface area (Å²) >= 11 is 0. The minimum Gasteiger partial charge on any atom is -0.489 e. The molecule has 0 saturated heterocycles. The first-order chi connectivity index (χ1) is 14.6. The van der Waals surface area contributed by atoms with Crippen molar-refractivity contribution < 1.29 is 14.3 Å². The fourth-order valence-corrected chi connectivity index (χ4v) is 2.61. The number of anilines is 1. The minimum atomic E-state index is -0.337. The van der Waals surface area contributed by atoms with Crippen molar-refractivity contribution in [2.45, 2.75) is 20.0 Å². The van der Waals surface area contributed by atoms with E-state index in [0.717, 1.165) is 16.9 Å². The first-order valence-corrected chi connectivity index (χ1v) is 9.64. The van der Waals surface area contributed by atoms with Crippen LogP contribution < -0.4 is 15.5 Å². The van der Waals surface area contributed by atoms with E-state index in [1.54, 1.807) is 37.4 Å². The fourth-order valence-electron chi connectivity index (χ4n) is 2.61. The van der Waals surface area contributed by atoms with Crippen LogP contribution in [0, 0.1) is 0 Å². The van der Waals surface area contributed by atoms with Gasteiger partial charge in [-0.3, -0.25) is 9.59 Å². The predicted octanol–water partition coefficient (Wildman–Crippen LogP) is 4.38. The second-order valence-corrected chi connectivity index (χ2v) is 6.52. The zero-order valence-corrected chi connectivity index (χ0v) is 16.7. The highest BCUT2D eigenvalue weighted by molar-refractivity contribution is 5.96. The van der Waals surface area contributed by atoms with Gasteiger partial charge in [0.05, 0.1) is 6.21 Å². The summed E-state index contributed by atoms with van der Waals surface area (Å²) in [5.74, 6) is 0.307. The quantitative estimate of drug-likeness (QED) is 0.434. The van der Waals surface area contributed by atoms with E-state index < -0.39 is 0 Å². The van der Waals surface area contributed by atoms with E-state index in [1.807, 2.05) is 54.6 Å². The van der Waals surface area contributed by atoms with Crippen LogP contribution in [-0.2, 0) is 11.4 Å². The topological polar surface area (TPSA) is 79.8 Å². The predicted molar refractivity (Wildman–Crippen MR) is 118 cm³/mol. The Bertz CT molecular complexity index is 1020. The third kappa shape index (κ3) is 6.31. The number of hydrogen-bond donors (Lipinski definition) is 2. The van der Waals surface area contributed by atoms with Gasteiger partial charge in [-0.2, -0.15) is 5.10 Å². The molecule has 6 nitrogen and oxygen atoms in total. The van der Waals surface area contributed by atoms with Crippen LogP contribution in [-0.4, -0.2) is 18.0 Å². The molecule has 0 fully saturated rings. The molecular formula is C24H23N3O3. The van der Waals surface area contributed by atoms with E-state index in [9.17, 15) is 9.59 Å². The first-order valence-electron chi connectivity index (χ1n) is 9.64. The van der Waals surface area contributed by atoms with Crippen molar-refractivity contribution in [3.8, 4) is 5.75 Å². The lowest BCUT2D eigenvalue weighted by Gasteiger charge is -2.07. The first kappa shape index (κ1) is 20.8. The summed E-state index contributed by atoms with van der Waals surface area (Å²) < 4.78 is 5.80. The van der Waals surface area contributed by atoms with E-state index in [4.69, 9.17) is 4.74 Å². The summed E-state index contributed by atoms with van der Waals surface area (Å²) in [6.07, 6.45) is 1.96. The van der Waals surface area contributed by atoms with Gasteiger partial charge in [0.2, 0.25) is 5.91 Å².